The van der Waals surface area contributed by atoms with E-state index in [-0.39, 0.29) is 19.6 Å². The van der Waals surface area contributed by atoms with Crippen LogP contribution in [-0.4, -0.2) is 42.4 Å². The Morgan fingerprint density at radius 3 is 2.77 bits per heavy atom. The standard InChI is InChI=1S/C15H19N3O4/c1-18-8-11(13(19)17-15(18)21)7-12(16)14(20)22-9-10-5-3-2-4-6-10/h2-6,11-12H,7-9,16H2,1H3,(H,17,19,21)/t11?,12-/m0/s1. The minimum Gasteiger partial charge on any atom is -0.460 e. The molecule has 1 heterocycles. The van der Waals surface area contributed by atoms with Gasteiger partial charge in [0.15, 0.2) is 0 Å². The number of hydrogen-bond donors (Lipinski definition) is 2. The van der Waals surface area contributed by atoms with Crippen molar-refractivity contribution in [1.29, 1.82) is 0 Å². The molecule has 0 aromatic heterocycles. The molecule has 7 nitrogen and oxygen atoms in total. The number of benzene rings is 1. The Balaban J connectivity index is 1.83. The average Bonchev–Trinajstić information content (AvgIpc) is 2.51. The number of carbonyl (C=O) groups is 3. The summed E-state index contributed by atoms with van der Waals surface area (Å²) in [4.78, 5) is 36.3. The first-order chi connectivity index (χ1) is 10.5. The molecule has 2 atom stereocenters. The summed E-state index contributed by atoms with van der Waals surface area (Å²) >= 11 is 0. The van der Waals surface area contributed by atoms with Crippen LogP contribution in [0.1, 0.15) is 12.0 Å². The summed E-state index contributed by atoms with van der Waals surface area (Å²) in [6.45, 7) is 0.382. The first-order valence-corrected chi connectivity index (χ1v) is 6.99. The van der Waals surface area contributed by atoms with Crippen molar-refractivity contribution < 1.29 is 19.1 Å². The van der Waals surface area contributed by atoms with Crippen LogP contribution in [0.25, 0.3) is 0 Å². The van der Waals surface area contributed by atoms with Crippen molar-refractivity contribution in [3.05, 3.63) is 35.9 Å². The predicted molar refractivity (Wildman–Crippen MR) is 78.5 cm³/mol. The Bertz CT molecular complexity index is 561. The lowest BCUT2D eigenvalue weighted by Gasteiger charge is -2.29. The van der Waals surface area contributed by atoms with Crippen LogP contribution in [0, 0.1) is 5.92 Å². The lowest BCUT2D eigenvalue weighted by molar-refractivity contribution is -0.147. The molecular formula is C15H19N3O4. The SMILES string of the molecule is CN1CC(C[C@H](N)C(=O)OCc2ccccc2)C(=O)NC1=O. The molecule has 0 bridgehead atoms. The normalized spacial score (nSPS) is 19.5. The minimum atomic E-state index is -0.902. The van der Waals surface area contributed by atoms with Gasteiger partial charge in [0.1, 0.15) is 12.6 Å². The van der Waals surface area contributed by atoms with Crippen LogP contribution in [0.4, 0.5) is 4.79 Å². The van der Waals surface area contributed by atoms with E-state index in [4.69, 9.17) is 10.5 Å². The summed E-state index contributed by atoms with van der Waals surface area (Å²) in [7, 11) is 1.58. The van der Waals surface area contributed by atoms with Gasteiger partial charge >= 0.3 is 12.0 Å². The van der Waals surface area contributed by atoms with Crippen LogP contribution in [-0.2, 0) is 20.9 Å². The molecule has 0 spiro atoms. The van der Waals surface area contributed by atoms with Crippen molar-refractivity contribution in [2.24, 2.45) is 11.7 Å². The van der Waals surface area contributed by atoms with Gasteiger partial charge in [0.05, 0.1) is 5.92 Å². The molecule has 118 valence electrons. The number of nitrogens with two attached hydrogens (primary N) is 1. The van der Waals surface area contributed by atoms with E-state index in [1.807, 2.05) is 30.3 Å². The van der Waals surface area contributed by atoms with Crippen molar-refractivity contribution in [2.45, 2.75) is 19.1 Å². The Morgan fingerprint density at radius 2 is 2.09 bits per heavy atom. The maximum atomic E-state index is 11.9. The fourth-order valence-electron chi connectivity index (χ4n) is 2.22. The molecule has 3 N–H and O–H groups in total. The third-order valence-corrected chi connectivity index (χ3v) is 3.51. The third-order valence-electron chi connectivity index (χ3n) is 3.51. The largest absolute Gasteiger partial charge is 0.460 e. The highest BCUT2D eigenvalue weighted by atomic mass is 16.5. The Kier molecular flexibility index (Phi) is 5.11. The lowest BCUT2D eigenvalue weighted by atomic mass is 9.97. The predicted octanol–water partition coefficient (Wildman–Crippen LogP) is 0.245. The van der Waals surface area contributed by atoms with Gasteiger partial charge in [-0.3, -0.25) is 14.9 Å². The topological polar surface area (TPSA) is 102 Å². The molecule has 1 aliphatic rings. The van der Waals surface area contributed by atoms with Crippen LogP contribution in [0.5, 0.6) is 0 Å². The molecule has 0 radical (unpaired) electrons. The molecule has 2 rings (SSSR count). The monoisotopic (exact) mass is 305 g/mol. The molecule has 3 amide bonds. The second kappa shape index (κ2) is 7.04. The number of hydrogen-bond acceptors (Lipinski definition) is 5. The zero-order chi connectivity index (χ0) is 16.1. The molecule has 1 saturated heterocycles. The van der Waals surface area contributed by atoms with E-state index < -0.39 is 29.9 Å². The molecule has 1 aliphatic heterocycles. The number of nitrogens with zero attached hydrogens (tertiary/aromatic N) is 1. The molecule has 1 unspecified atom stereocenters. The van der Waals surface area contributed by atoms with Crippen LogP contribution < -0.4 is 11.1 Å². The molecule has 1 fully saturated rings. The van der Waals surface area contributed by atoms with Gasteiger partial charge in [-0.2, -0.15) is 0 Å². The van der Waals surface area contributed by atoms with Crippen LogP contribution >= 0.6 is 0 Å². The van der Waals surface area contributed by atoms with Gasteiger partial charge in [0.2, 0.25) is 5.91 Å². The van der Waals surface area contributed by atoms with Gasteiger partial charge in [-0.1, -0.05) is 30.3 Å². The quantitative estimate of drug-likeness (QED) is 0.759. The van der Waals surface area contributed by atoms with E-state index in [9.17, 15) is 14.4 Å². The Morgan fingerprint density at radius 1 is 1.41 bits per heavy atom. The fourth-order valence-corrected chi connectivity index (χ4v) is 2.22. The van der Waals surface area contributed by atoms with Crippen LogP contribution in [0.15, 0.2) is 30.3 Å². The van der Waals surface area contributed by atoms with Gasteiger partial charge in [-0.25, -0.2) is 4.79 Å². The second-order valence-corrected chi connectivity index (χ2v) is 5.31. The average molecular weight is 305 g/mol. The number of ether oxygens (including phenoxy) is 1. The lowest BCUT2D eigenvalue weighted by Crippen LogP contribution is -2.54. The second-order valence-electron chi connectivity index (χ2n) is 5.31. The fraction of sp³-hybridized carbons (Fsp3) is 0.400. The zero-order valence-electron chi connectivity index (χ0n) is 12.3. The third kappa shape index (κ3) is 4.05. The number of urea groups is 1. The summed E-state index contributed by atoms with van der Waals surface area (Å²) < 4.78 is 5.14. The van der Waals surface area contributed by atoms with Gasteiger partial charge in [0.25, 0.3) is 0 Å². The van der Waals surface area contributed by atoms with Gasteiger partial charge in [0, 0.05) is 13.6 Å². The maximum absolute atomic E-state index is 11.9. The van der Waals surface area contributed by atoms with Crippen LogP contribution in [0.2, 0.25) is 0 Å². The zero-order valence-corrected chi connectivity index (χ0v) is 12.3. The van der Waals surface area contributed by atoms with E-state index in [1.165, 1.54) is 4.90 Å². The number of imide groups is 1. The summed E-state index contributed by atoms with van der Waals surface area (Å²) in [6, 6.07) is 7.91. The van der Waals surface area contributed by atoms with Crippen molar-refractivity contribution in [3.8, 4) is 0 Å². The van der Waals surface area contributed by atoms with E-state index >= 15 is 0 Å². The van der Waals surface area contributed by atoms with Gasteiger partial charge in [-0.15, -0.1) is 0 Å². The smallest absolute Gasteiger partial charge is 0.323 e. The number of carbonyl (C=O) groups excluding carboxylic acids is 3. The van der Waals surface area contributed by atoms with Crippen molar-refractivity contribution in [2.75, 3.05) is 13.6 Å². The number of esters is 1. The van der Waals surface area contributed by atoms with Crippen molar-refractivity contribution in [3.63, 3.8) is 0 Å². The molecule has 0 aliphatic carbocycles. The Hall–Kier alpha value is -2.41. The van der Waals surface area contributed by atoms with E-state index in [1.54, 1.807) is 7.05 Å². The van der Waals surface area contributed by atoms with Crippen molar-refractivity contribution >= 4 is 17.9 Å². The summed E-state index contributed by atoms with van der Waals surface area (Å²) in [5.41, 5.74) is 6.66. The molecule has 22 heavy (non-hydrogen) atoms. The van der Waals surface area contributed by atoms with Gasteiger partial charge < -0.3 is 15.4 Å². The highest BCUT2D eigenvalue weighted by Gasteiger charge is 2.33. The highest BCUT2D eigenvalue weighted by Crippen LogP contribution is 2.13. The minimum absolute atomic E-state index is 0.136. The summed E-state index contributed by atoms with van der Waals surface area (Å²) in [5, 5.41) is 2.22. The highest BCUT2D eigenvalue weighted by molar-refractivity contribution is 5.98. The first kappa shape index (κ1) is 16.0. The molecule has 0 saturated carbocycles. The Labute approximate surface area is 128 Å². The van der Waals surface area contributed by atoms with E-state index in [0.717, 1.165) is 5.56 Å². The molecule has 1 aromatic rings. The van der Waals surface area contributed by atoms with E-state index in [0.29, 0.717) is 0 Å². The molecule has 1 aromatic carbocycles. The van der Waals surface area contributed by atoms with Gasteiger partial charge in [-0.05, 0) is 12.0 Å². The first-order valence-electron chi connectivity index (χ1n) is 6.99. The molecular weight excluding hydrogens is 286 g/mol. The summed E-state index contributed by atoms with van der Waals surface area (Å²) in [5.74, 6) is -1.48. The summed E-state index contributed by atoms with van der Waals surface area (Å²) in [6.07, 6.45) is 0.136. The molecule has 7 heteroatoms. The number of amides is 3. The van der Waals surface area contributed by atoms with E-state index in [2.05, 4.69) is 5.32 Å². The maximum Gasteiger partial charge on any atom is 0.323 e. The number of nitrogens with one attached hydrogen (secondary N) is 1. The van der Waals surface area contributed by atoms with Crippen molar-refractivity contribution in [1.82, 2.24) is 10.2 Å². The van der Waals surface area contributed by atoms with Crippen LogP contribution in [0.3, 0.4) is 0 Å². The number of rotatable bonds is 5.